The van der Waals surface area contributed by atoms with Gasteiger partial charge in [-0.05, 0) is 31.0 Å². The second-order valence-electron chi connectivity index (χ2n) is 6.15. The van der Waals surface area contributed by atoms with Crippen LogP contribution in [0.2, 0.25) is 0 Å². The first kappa shape index (κ1) is 17.0. The predicted octanol–water partition coefficient (Wildman–Crippen LogP) is 4.51. The fourth-order valence-corrected chi connectivity index (χ4v) is 2.88. The molecule has 3 aromatic rings. The first-order valence-electron chi connectivity index (χ1n) is 8.39. The molecule has 0 spiro atoms. The molecule has 0 fully saturated rings. The maximum Gasteiger partial charge on any atom is 0.230 e. The molecular weight excluding hydrogens is 347 g/mol. The highest BCUT2D eigenvalue weighted by Gasteiger charge is 2.18. The lowest BCUT2D eigenvalue weighted by Gasteiger charge is -2.10. The fraction of sp³-hybridized carbons (Fsp3) is 0.150. The van der Waals surface area contributed by atoms with Crippen LogP contribution in [-0.2, 0) is 6.42 Å². The Balaban J connectivity index is 1.54. The Bertz CT molecular complexity index is 1020. The number of methoxy groups -OCH3 is 1. The van der Waals surface area contributed by atoms with Gasteiger partial charge in [-0.2, -0.15) is 4.98 Å². The highest BCUT2D eigenvalue weighted by Crippen LogP contribution is 2.33. The molecule has 0 amide bonds. The zero-order valence-corrected chi connectivity index (χ0v) is 14.9. The number of allylic oxidation sites excluding steroid dienone is 1. The van der Waals surface area contributed by atoms with Crippen LogP contribution >= 0.6 is 0 Å². The molecule has 1 aliphatic carbocycles. The molecule has 6 nitrogen and oxygen atoms in total. The summed E-state index contributed by atoms with van der Waals surface area (Å²) in [4.78, 5) is 12.5. The van der Waals surface area contributed by atoms with E-state index in [-0.39, 0.29) is 17.4 Å². The molecule has 4 rings (SSSR count). The summed E-state index contributed by atoms with van der Waals surface area (Å²) in [5.74, 6) is 0.825. The van der Waals surface area contributed by atoms with E-state index in [0.717, 1.165) is 17.6 Å². The molecule has 7 heteroatoms. The van der Waals surface area contributed by atoms with Crippen molar-refractivity contribution in [2.75, 3.05) is 12.4 Å². The summed E-state index contributed by atoms with van der Waals surface area (Å²) in [7, 11) is 1.55. The van der Waals surface area contributed by atoms with Crippen LogP contribution < -0.4 is 14.8 Å². The molecule has 136 valence electrons. The van der Waals surface area contributed by atoms with Crippen LogP contribution in [0, 0.1) is 5.82 Å². The first-order chi connectivity index (χ1) is 13.1. The van der Waals surface area contributed by atoms with Gasteiger partial charge in [0.1, 0.15) is 0 Å². The maximum atomic E-state index is 14.7. The molecule has 0 saturated heterocycles. The molecule has 0 unspecified atom stereocenters. The third kappa shape index (κ3) is 3.57. The minimum atomic E-state index is -0.378. The highest BCUT2D eigenvalue weighted by atomic mass is 19.1. The minimum Gasteiger partial charge on any atom is -0.481 e. The third-order valence-corrected chi connectivity index (χ3v) is 4.14. The van der Waals surface area contributed by atoms with Crippen LogP contribution in [0.3, 0.4) is 0 Å². The molecule has 2 aromatic heterocycles. The number of ether oxygens (including phenoxy) is 2. The van der Waals surface area contributed by atoms with Gasteiger partial charge in [-0.15, -0.1) is 0 Å². The quantitative estimate of drug-likeness (QED) is 0.718. The van der Waals surface area contributed by atoms with Gasteiger partial charge < -0.3 is 14.8 Å². The summed E-state index contributed by atoms with van der Waals surface area (Å²) in [6, 6.07) is 8.59. The van der Waals surface area contributed by atoms with E-state index in [2.05, 4.69) is 20.3 Å². The molecule has 1 N–H and O–H groups in total. The van der Waals surface area contributed by atoms with E-state index in [9.17, 15) is 4.39 Å². The van der Waals surface area contributed by atoms with E-state index >= 15 is 0 Å². The zero-order chi connectivity index (χ0) is 18.8. The van der Waals surface area contributed by atoms with E-state index in [1.165, 1.54) is 6.20 Å². The third-order valence-electron chi connectivity index (χ3n) is 4.14. The van der Waals surface area contributed by atoms with Crippen molar-refractivity contribution in [1.29, 1.82) is 0 Å². The summed E-state index contributed by atoms with van der Waals surface area (Å²) >= 11 is 0. The first-order valence-corrected chi connectivity index (χ1v) is 8.39. The molecule has 0 bridgehead atoms. The topological polar surface area (TPSA) is 69.2 Å². The fourth-order valence-electron chi connectivity index (χ4n) is 2.88. The van der Waals surface area contributed by atoms with Gasteiger partial charge in [-0.3, -0.25) is 0 Å². The molecule has 0 aliphatic heterocycles. The highest BCUT2D eigenvalue weighted by molar-refractivity contribution is 5.65. The lowest BCUT2D eigenvalue weighted by molar-refractivity contribution is 0.398. The van der Waals surface area contributed by atoms with E-state index < -0.39 is 0 Å². The second-order valence-corrected chi connectivity index (χ2v) is 6.15. The number of rotatable bonds is 5. The Hall–Kier alpha value is -3.48. The Morgan fingerprint density at radius 1 is 1.07 bits per heavy atom. The van der Waals surface area contributed by atoms with Gasteiger partial charge in [0.15, 0.2) is 11.6 Å². The summed E-state index contributed by atoms with van der Waals surface area (Å²) in [6.07, 6.45) is 5.76. The number of halogens is 1. The summed E-state index contributed by atoms with van der Waals surface area (Å²) < 4.78 is 25.4. The number of benzene rings is 1. The lowest BCUT2D eigenvalue weighted by Crippen LogP contribution is -2.00. The molecule has 1 aliphatic rings. The number of nitrogens with one attached hydrogen (secondary N) is 1. The van der Waals surface area contributed by atoms with Crippen molar-refractivity contribution in [3.05, 3.63) is 65.2 Å². The van der Waals surface area contributed by atoms with Gasteiger partial charge in [-0.25, -0.2) is 14.4 Å². The Kier molecular flexibility index (Phi) is 4.42. The van der Waals surface area contributed by atoms with Crippen LogP contribution in [-0.4, -0.2) is 22.1 Å². The molecule has 0 radical (unpaired) electrons. The van der Waals surface area contributed by atoms with Crippen LogP contribution in [0.5, 0.6) is 17.5 Å². The zero-order valence-electron chi connectivity index (χ0n) is 14.9. The number of fused-ring (bicyclic) bond motifs is 1. The van der Waals surface area contributed by atoms with Crippen molar-refractivity contribution in [1.82, 2.24) is 15.0 Å². The van der Waals surface area contributed by atoms with Crippen LogP contribution in [0.1, 0.15) is 18.1 Å². The lowest BCUT2D eigenvalue weighted by atomic mass is 10.1. The number of hydrogen-bond donors (Lipinski definition) is 1. The van der Waals surface area contributed by atoms with Gasteiger partial charge in [0, 0.05) is 23.9 Å². The van der Waals surface area contributed by atoms with Crippen molar-refractivity contribution in [2.45, 2.75) is 13.3 Å². The minimum absolute atomic E-state index is 0.135. The number of anilines is 2. The number of hydrogen-bond acceptors (Lipinski definition) is 6. The summed E-state index contributed by atoms with van der Waals surface area (Å²) in [6.45, 7) is 1.98. The average Bonchev–Trinajstić information content (AvgIpc) is 3.06. The van der Waals surface area contributed by atoms with Crippen molar-refractivity contribution >= 4 is 17.7 Å². The Morgan fingerprint density at radius 3 is 2.74 bits per heavy atom. The molecule has 0 atom stereocenters. The molecule has 27 heavy (non-hydrogen) atoms. The van der Waals surface area contributed by atoms with E-state index in [1.54, 1.807) is 37.6 Å². The van der Waals surface area contributed by atoms with Crippen molar-refractivity contribution in [2.24, 2.45) is 0 Å². The molecule has 2 heterocycles. The van der Waals surface area contributed by atoms with E-state index in [4.69, 9.17) is 9.47 Å². The molecule has 1 aromatic carbocycles. The monoisotopic (exact) mass is 364 g/mol. The van der Waals surface area contributed by atoms with Gasteiger partial charge in [0.2, 0.25) is 17.7 Å². The second kappa shape index (κ2) is 7.03. The summed E-state index contributed by atoms with van der Waals surface area (Å²) in [5.41, 5.74) is 3.37. The van der Waals surface area contributed by atoms with Crippen molar-refractivity contribution in [3.8, 4) is 17.5 Å². The number of pyridine rings is 1. The predicted molar refractivity (Wildman–Crippen MR) is 99.9 cm³/mol. The average molecular weight is 364 g/mol. The van der Waals surface area contributed by atoms with Crippen LogP contribution in [0.4, 0.5) is 16.0 Å². The van der Waals surface area contributed by atoms with E-state index in [0.29, 0.717) is 23.1 Å². The smallest absolute Gasteiger partial charge is 0.230 e. The van der Waals surface area contributed by atoms with Crippen molar-refractivity contribution in [3.63, 3.8) is 0 Å². The van der Waals surface area contributed by atoms with Gasteiger partial charge in [0.25, 0.3) is 0 Å². The number of nitrogens with zero attached hydrogens (tertiary/aromatic N) is 3. The van der Waals surface area contributed by atoms with Crippen LogP contribution in [0.15, 0.2) is 48.3 Å². The normalized spacial score (nSPS) is 12.3. The van der Waals surface area contributed by atoms with E-state index in [1.807, 2.05) is 19.1 Å². The van der Waals surface area contributed by atoms with Gasteiger partial charge in [-0.1, -0.05) is 17.7 Å². The Morgan fingerprint density at radius 2 is 1.96 bits per heavy atom. The molecule has 0 saturated carbocycles. The maximum absolute atomic E-state index is 14.7. The number of aromatic nitrogens is 3. The van der Waals surface area contributed by atoms with Gasteiger partial charge >= 0.3 is 0 Å². The summed E-state index contributed by atoms with van der Waals surface area (Å²) in [5, 5.41) is 3.02. The van der Waals surface area contributed by atoms with Crippen molar-refractivity contribution < 1.29 is 13.9 Å². The largest absolute Gasteiger partial charge is 0.481 e. The molecular formula is C20H17FN4O2. The van der Waals surface area contributed by atoms with Crippen LogP contribution in [0.25, 0.3) is 6.08 Å². The standard InChI is InChI=1S/C20H17FN4O2/c1-12-9-13-3-5-16(19(21)15(13)10-12)27-18-7-8-22-20(25-18)24-14-4-6-17(26-2)23-11-14/h3-8,10-11H,9H2,1-2H3,(H,22,24,25). The Labute approximate surface area is 155 Å². The van der Waals surface area contributed by atoms with Gasteiger partial charge in [0.05, 0.1) is 19.0 Å². The SMILES string of the molecule is COc1ccc(Nc2nccc(Oc3ccc4c(c3F)C=C(C)C4)n2)cn1.